The lowest BCUT2D eigenvalue weighted by Gasteiger charge is -2.15. The predicted octanol–water partition coefficient (Wildman–Crippen LogP) is 12.6. The summed E-state index contributed by atoms with van der Waals surface area (Å²) in [5.74, 6) is -0.654. The molecular formula is C43H76O5. The first kappa shape index (κ1) is 45.9. The summed E-state index contributed by atoms with van der Waals surface area (Å²) < 4.78 is 10.6. The first-order valence-electron chi connectivity index (χ1n) is 20.2. The van der Waals surface area contributed by atoms with Crippen LogP contribution in [0.4, 0.5) is 0 Å². The molecule has 0 fully saturated rings. The number of aliphatic hydroxyl groups is 1. The Balaban J connectivity index is 3.66. The Hall–Kier alpha value is -2.14. The van der Waals surface area contributed by atoms with Crippen LogP contribution >= 0.6 is 0 Å². The van der Waals surface area contributed by atoms with Gasteiger partial charge in [-0.3, -0.25) is 9.59 Å². The van der Waals surface area contributed by atoms with Crippen LogP contribution in [0.3, 0.4) is 0 Å². The molecule has 0 aromatic heterocycles. The predicted molar refractivity (Wildman–Crippen MR) is 205 cm³/mol. The van der Waals surface area contributed by atoms with Crippen molar-refractivity contribution in [1.82, 2.24) is 0 Å². The third kappa shape index (κ3) is 36.7. The minimum Gasteiger partial charge on any atom is -0.462 e. The molecule has 0 unspecified atom stereocenters. The summed E-state index contributed by atoms with van der Waals surface area (Å²) in [6.45, 7) is 4.08. The molecule has 1 N–H and O–H groups in total. The van der Waals surface area contributed by atoms with Crippen molar-refractivity contribution in [3.05, 3.63) is 48.6 Å². The largest absolute Gasteiger partial charge is 0.462 e. The van der Waals surface area contributed by atoms with Gasteiger partial charge in [-0.05, 0) is 51.4 Å². The molecule has 0 aliphatic carbocycles. The van der Waals surface area contributed by atoms with Crippen molar-refractivity contribution in [3.63, 3.8) is 0 Å². The maximum absolute atomic E-state index is 12.1. The van der Waals surface area contributed by atoms with Crippen LogP contribution < -0.4 is 0 Å². The summed E-state index contributed by atoms with van der Waals surface area (Å²) in [7, 11) is 0. The summed E-state index contributed by atoms with van der Waals surface area (Å²) >= 11 is 0. The van der Waals surface area contributed by atoms with Gasteiger partial charge in [-0.1, -0.05) is 178 Å². The molecule has 0 aromatic carbocycles. The Labute approximate surface area is 297 Å². The maximum atomic E-state index is 12.1. The smallest absolute Gasteiger partial charge is 0.306 e. The van der Waals surface area contributed by atoms with Crippen LogP contribution in [0.15, 0.2) is 48.6 Å². The van der Waals surface area contributed by atoms with E-state index in [0.717, 1.165) is 44.9 Å². The molecule has 0 aliphatic heterocycles. The molecule has 0 aliphatic rings. The van der Waals surface area contributed by atoms with Gasteiger partial charge in [0.15, 0.2) is 6.10 Å². The molecule has 0 heterocycles. The molecule has 5 nitrogen and oxygen atoms in total. The molecule has 0 aromatic rings. The Morgan fingerprint density at radius 1 is 0.479 bits per heavy atom. The number of unbranched alkanes of at least 4 members (excludes halogenated alkanes) is 20. The van der Waals surface area contributed by atoms with E-state index in [1.165, 1.54) is 116 Å². The minimum absolute atomic E-state index is 0.0930. The number of hydrogen-bond acceptors (Lipinski definition) is 5. The van der Waals surface area contributed by atoms with Crippen LogP contribution in [0.1, 0.15) is 194 Å². The topological polar surface area (TPSA) is 72.8 Å². The number of carbonyl (C=O) groups is 2. The SMILES string of the molecule is CCCCCCCCC/C=C/C/C=C/C/C=C/C/C=C/CCCC(=O)OC[C@H](CO)OC(=O)CCCCCCCCCCCCCCC. The van der Waals surface area contributed by atoms with Crippen LogP contribution in [0.25, 0.3) is 0 Å². The monoisotopic (exact) mass is 673 g/mol. The van der Waals surface area contributed by atoms with Gasteiger partial charge in [0.2, 0.25) is 0 Å². The number of esters is 2. The second-order valence-corrected chi connectivity index (χ2v) is 13.4. The summed E-state index contributed by atoms with van der Waals surface area (Å²) in [5, 5.41) is 9.54. The van der Waals surface area contributed by atoms with Crippen LogP contribution in [-0.2, 0) is 19.1 Å². The Bertz CT molecular complexity index is 812. The van der Waals surface area contributed by atoms with Crippen LogP contribution in [0.2, 0.25) is 0 Å². The van der Waals surface area contributed by atoms with Crippen LogP contribution in [-0.4, -0.2) is 36.4 Å². The number of ether oxygens (including phenoxy) is 2. The first-order valence-corrected chi connectivity index (χ1v) is 20.2. The highest BCUT2D eigenvalue weighted by Gasteiger charge is 2.16. The lowest BCUT2D eigenvalue weighted by molar-refractivity contribution is -0.161. The van der Waals surface area contributed by atoms with E-state index in [4.69, 9.17) is 9.47 Å². The molecule has 0 radical (unpaired) electrons. The lowest BCUT2D eigenvalue weighted by atomic mass is 10.0. The zero-order valence-corrected chi connectivity index (χ0v) is 31.5. The first-order chi connectivity index (χ1) is 23.6. The van der Waals surface area contributed by atoms with Gasteiger partial charge in [0.25, 0.3) is 0 Å². The number of hydrogen-bond donors (Lipinski definition) is 1. The van der Waals surface area contributed by atoms with E-state index in [2.05, 4.69) is 62.5 Å². The van der Waals surface area contributed by atoms with Crippen LogP contribution in [0.5, 0.6) is 0 Å². The van der Waals surface area contributed by atoms with Gasteiger partial charge in [0, 0.05) is 12.8 Å². The normalized spacial score (nSPS) is 12.6. The summed E-state index contributed by atoms with van der Waals surface area (Å²) in [6, 6.07) is 0. The fourth-order valence-electron chi connectivity index (χ4n) is 5.55. The molecule has 1 atom stereocenters. The molecule has 0 saturated carbocycles. The second-order valence-electron chi connectivity index (χ2n) is 13.4. The van der Waals surface area contributed by atoms with E-state index in [1.807, 2.05) is 0 Å². The van der Waals surface area contributed by atoms with E-state index >= 15 is 0 Å². The van der Waals surface area contributed by atoms with Gasteiger partial charge in [-0.25, -0.2) is 0 Å². The summed E-state index contributed by atoms with van der Waals surface area (Å²) in [4.78, 5) is 24.2. The summed E-state index contributed by atoms with van der Waals surface area (Å²) in [5.41, 5.74) is 0. The highest BCUT2D eigenvalue weighted by Crippen LogP contribution is 2.14. The van der Waals surface area contributed by atoms with Gasteiger partial charge < -0.3 is 14.6 Å². The van der Waals surface area contributed by atoms with Crippen molar-refractivity contribution in [1.29, 1.82) is 0 Å². The average Bonchev–Trinajstić information content (AvgIpc) is 3.09. The molecule has 0 bridgehead atoms. The molecule has 0 amide bonds. The van der Waals surface area contributed by atoms with Gasteiger partial charge in [0.05, 0.1) is 6.61 Å². The zero-order chi connectivity index (χ0) is 35.0. The molecule has 0 rings (SSSR count). The third-order valence-corrected chi connectivity index (χ3v) is 8.63. The van der Waals surface area contributed by atoms with Crippen molar-refractivity contribution < 1.29 is 24.2 Å². The quantitative estimate of drug-likeness (QED) is 0.0407. The number of rotatable bonds is 36. The van der Waals surface area contributed by atoms with Crippen LogP contribution in [0, 0.1) is 0 Å². The minimum atomic E-state index is -0.791. The molecule has 0 saturated heterocycles. The molecule has 5 heteroatoms. The van der Waals surface area contributed by atoms with Crippen molar-refractivity contribution in [2.45, 2.75) is 200 Å². The van der Waals surface area contributed by atoms with E-state index in [0.29, 0.717) is 19.3 Å². The molecule has 48 heavy (non-hydrogen) atoms. The molecule has 278 valence electrons. The highest BCUT2D eigenvalue weighted by molar-refractivity contribution is 5.70. The van der Waals surface area contributed by atoms with E-state index < -0.39 is 6.10 Å². The van der Waals surface area contributed by atoms with E-state index in [-0.39, 0.29) is 25.2 Å². The fourth-order valence-corrected chi connectivity index (χ4v) is 5.55. The third-order valence-electron chi connectivity index (χ3n) is 8.63. The molecular weight excluding hydrogens is 596 g/mol. The van der Waals surface area contributed by atoms with E-state index in [9.17, 15) is 14.7 Å². The van der Waals surface area contributed by atoms with Gasteiger partial charge >= 0.3 is 11.9 Å². The Kier molecular flexibility index (Phi) is 37.5. The van der Waals surface area contributed by atoms with Gasteiger partial charge in [-0.2, -0.15) is 0 Å². The van der Waals surface area contributed by atoms with Crippen molar-refractivity contribution in [3.8, 4) is 0 Å². The number of allylic oxidation sites excluding steroid dienone is 8. The average molecular weight is 673 g/mol. The number of aliphatic hydroxyl groups excluding tert-OH is 1. The van der Waals surface area contributed by atoms with E-state index in [1.54, 1.807) is 0 Å². The molecule has 0 spiro atoms. The van der Waals surface area contributed by atoms with Crippen molar-refractivity contribution in [2.75, 3.05) is 13.2 Å². The fraction of sp³-hybridized carbons (Fsp3) is 0.767. The highest BCUT2D eigenvalue weighted by atomic mass is 16.6. The second kappa shape index (κ2) is 39.3. The number of carbonyl (C=O) groups excluding carboxylic acids is 2. The van der Waals surface area contributed by atoms with Crippen molar-refractivity contribution in [2.24, 2.45) is 0 Å². The maximum Gasteiger partial charge on any atom is 0.306 e. The van der Waals surface area contributed by atoms with Gasteiger partial charge in [-0.15, -0.1) is 0 Å². The lowest BCUT2D eigenvalue weighted by Crippen LogP contribution is -2.28. The standard InChI is InChI=1S/C43H76O5/c1-3-5-7-9-11-13-15-17-18-19-20-21-22-23-24-26-27-29-31-33-35-37-42(45)47-40-41(39-44)48-43(46)38-36-34-32-30-28-25-16-14-12-10-8-6-4-2/h18-19,21-22,24,26,29,31,41,44H,3-17,20,23,25,27-28,30,32-40H2,1-2H3/b19-18+,22-21+,26-24+,31-29+/t41-/m0/s1. The Morgan fingerprint density at radius 2 is 0.854 bits per heavy atom. The van der Waals surface area contributed by atoms with Crippen molar-refractivity contribution >= 4 is 11.9 Å². The van der Waals surface area contributed by atoms with Gasteiger partial charge in [0.1, 0.15) is 6.61 Å². The summed E-state index contributed by atoms with van der Waals surface area (Å²) in [6.07, 6.45) is 48.9. The Morgan fingerprint density at radius 3 is 1.31 bits per heavy atom. The zero-order valence-electron chi connectivity index (χ0n) is 31.5.